The SMILES string of the molecule is C=CC1CN2CCC1CC2[C@@H](O)c1ccnc2ccc(OCCC[C]=N)cc12. The molecule has 2 bridgehead atoms. The number of ether oxygens (including phenoxy) is 1. The topological polar surface area (TPSA) is 69.4 Å². The fourth-order valence-corrected chi connectivity index (χ4v) is 4.76. The van der Waals surface area contributed by atoms with E-state index in [-0.39, 0.29) is 6.04 Å². The van der Waals surface area contributed by atoms with Crippen molar-refractivity contribution in [3.05, 3.63) is 48.7 Å². The molecule has 0 spiro atoms. The highest BCUT2D eigenvalue weighted by atomic mass is 16.5. The summed E-state index contributed by atoms with van der Waals surface area (Å²) in [7, 11) is 0. The van der Waals surface area contributed by atoms with Gasteiger partial charge < -0.3 is 15.3 Å². The van der Waals surface area contributed by atoms with Gasteiger partial charge in [0.15, 0.2) is 0 Å². The van der Waals surface area contributed by atoms with E-state index in [1.165, 1.54) is 6.42 Å². The fraction of sp³-hybridized carbons (Fsp3) is 0.478. The second kappa shape index (κ2) is 8.41. The lowest BCUT2D eigenvalue weighted by molar-refractivity contribution is -0.0444. The maximum atomic E-state index is 11.3. The van der Waals surface area contributed by atoms with Crippen LogP contribution in [0.25, 0.3) is 10.9 Å². The number of nitrogens with one attached hydrogen (secondary N) is 1. The Labute approximate surface area is 166 Å². The van der Waals surface area contributed by atoms with Gasteiger partial charge in [-0.15, -0.1) is 6.58 Å². The van der Waals surface area contributed by atoms with Crippen LogP contribution in [0.5, 0.6) is 5.75 Å². The van der Waals surface area contributed by atoms with Crippen molar-refractivity contribution >= 4 is 17.1 Å². The Morgan fingerprint density at radius 3 is 3.07 bits per heavy atom. The second-order valence-corrected chi connectivity index (χ2v) is 7.90. The predicted molar refractivity (Wildman–Crippen MR) is 111 cm³/mol. The van der Waals surface area contributed by atoms with Crippen LogP contribution in [0.15, 0.2) is 43.1 Å². The molecule has 3 saturated heterocycles. The number of unbranched alkanes of at least 4 members (excludes halogenated alkanes) is 1. The number of hydrogen-bond acceptors (Lipinski definition) is 5. The zero-order chi connectivity index (χ0) is 19.5. The van der Waals surface area contributed by atoms with Gasteiger partial charge in [0.05, 0.1) is 24.4 Å². The lowest BCUT2D eigenvalue weighted by Gasteiger charge is -2.50. The van der Waals surface area contributed by atoms with Crippen LogP contribution in [0.1, 0.15) is 37.4 Å². The van der Waals surface area contributed by atoms with E-state index in [1.807, 2.05) is 24.3 Å². The monoisotopic (exact) mass is 378 g/mol. The number of aliphatic hydroxyl groups excluding tert-OH is 1. The lowest BCUT2D eigenvalue weighted by Crippen LogP contribution is -2.54. The first-order valence-electron chi connectivity index (χ1n) is 10.2. The van der Waals surface area contributed by atoms with Gasteiger partial charge in [-0.25, -0.2) is 0 Å². The Kier molecular flexibility index (Phi) is 5.74. The molecule has 3 aliphatic heterocycles. The molecular formula is C23H28N3O2. The first kappa shape index (κ1) is 19.1. The molecule has 3 aliphatic rings. The summed E-state index contributed by atoms with van der Waals surface area (Å²) in [4.78, 5) is 6.89. The normalized spacial score (nSPS) is 27.5. The summed E-state index contributed by atoms with van der Waals surface area (Å²) < 4.78 is 5.82. The molecule has 5 rings (SSSR count). The maximum absolute atomic E-state index is 11.3. The summed E-state index contributed by atoms with van der Waals surface area (Å²) in [5, 5.41) is 19.2. The highest BCUT2D eigenvalue weighted by Gasteiger charge is 2.42. The average molecular weight is 378 g/mol. The summed E-state index contributed by atoms with van der Waals surface area (Å²) >= 11 is 0. The van der Waals surface area contributed by atoms with Gasteiger partial charge >= 0.3 is 0 Å². The van der Waals surface area contributed by atoms with Gasteiger partial charge in [-0.05, 0) is 73.9 Å². The number of fused-ring (bicyclic) bond motifs is 4. The molecule has 1 aromatic carbocycles. The smallest absolute Gasteiger partial charge is 0.120 e. The van der Waals surface area contributed by atoms with E-state index < -0.39 is 6.10 Å². The van der Waals surface area contributed by atoms with Crippen LogP contribution in [0, 0.1) is 17.2 Å². The van der Waals surface area contributed by atoms with Crippen molar-refractivity contribution in [2.75, 3.05) is 19.7 Å². The van der Waals surface area contributed by atoms with Crippen LogP contribution in [-0.2, 0) is 0 Å². The average Bonchev–Trinajstić information content (AvgIpc) is 2.76. The van der Waals surface area contributed by atoms with Gasteiger partial charge in [-0.3, -0.25) is 9.88 Å². The second-order valence-electron chi connectivity index (χ2n) is 7.90. The summed E-state index contributed by atoms with van der Waals surface area (Å²) in [5.41, 5.74) is 1.80. The molecule has 0 aliphatic carbocycles. The molecule has 2 N–H and O–H groups in total. The molecule has 2 aromatic rings. The van der Waals surface area contributed by atoms with Gasteiger partial charge in [0.25, 0.3) is 0 Å². The van der Waals surface area contributed by atoms with E-state index >= 15 is 0 Å². The summed E-state index contributed by atoms with van der Waals surface area (Å²) in [6, 6.07) is 7.94. The van der Waals surface area contributed by atoms with E-state index in [2.05, 4.69) is 28.8 Å². The largest absolute Gasteiger partial charge is 0.494 e. The number of aromatic nitrogens is 1. The van der Waals surface area contributed by atoms with Gasteiger partial charge in [0.2, 0.25) is 0 Å². The number of nitrogens with zero attached hydrogens (tertiary/aromatic N) is 2. The molecule has 147 valence electrons. The van der Waals surface area contributed by atoms with Crippen molar-refractivity contribution in [3.8, 4) is 5.75 Å². The molecule has 0 saturated carbocycles. The molecule has 1 aromatic heterocycles. The maximum Gasteiger partial charge on any atom is 0.120 e. The Morgan fingerprint density at radius 1 is 1.43 bits per heavy atom. The number of rotatable bonds is 8. The van der Waals surface area contributed by atoms with Gasteiger partial charge in [-0.1, -0.05) is 6.08 Å². The quantitative estimate of drug-likeness (QED) is 0.416. The van der Waals surface area contributed by atoms with Crippen LogP contribution >= 0.6 is 0 Å². The molecule has 28 heavy (non-hydrogen) atoms. The molecule has 5 atom stereocenters. The Morgan fingerprint density at radius 2 is 2.32 bits per heavy atom. The van der Waals surface area contributed by atoms with E-state index in [1.54, 1.807) is 6.20 Å². The summed E-state index contributed by atoms with van der Waals surface area (Å²) in [5.74, 6) is 1.94. The fourth-order valence-electron chi connectivity index (χ4n) is 4.76. The number of aliphatic hydroxyl groups is 1. The van der Waals surface area contributed by atoms with Crippen molar-refractivity contribution in [2.45, 2.75) is 37.8 Å². The van der Waals surface area contributed by atoms with Crippen molar-refractivity contribution in [3.63, 3.8) is 0 Å². The minimum Gasteiger partial charge on any atom is -0.494 e. The zero-order valence-electron chi connectivity index (χ0n) is 16.2. The third-order valence-electron chi connectivity index (χ3n) is 6.30. The van der Waals surface area contributed by atoms with Crippen molar-refractivity contribution in [1.29, 1.82) is 5.41 Å². The number of pyridine rings is 1. The predicted octanol–water partition coefficient (Wildman–Crippen LogP) is 3.85. The Balaban J connectivity index is 1.57. The minimum atomic E-state index is -0.540. The van der Waals surface area contributed by atoms with Crippen LogP contribution in [0.3, 0.4) is 0 Å². The third kappa shape index (κ3) is 3.69. The molecule has 4 unspecified atom stereocenters. The first-order valence-corrected chi connectivity index (χ1v) is 10.2. The lowest BCUT2D eigenvalue weighted by atomic mass is 9.73. The van der Waals surface area contributed by atoms with E-state index in [4.69, 9.17) is 10.1 Å². The van der Waals surface area contributed by atoms with Crippen LogP contribution < -0.4 is 4.74 Å². The highest BCUT2D eigenvalue weighted by molar-refractivity contribution is 5.84. The molecular weight excluding hydrogens is 350 g/mol. The molecule has 5 heteroatoms. The number of hydrogen-bond donors (Lipinski definition) is 2. The molecule has 4 heterocycles. The minimum absolute atomic E-state index is 0.147. The van der Waals surface area contributed by atoms with Crippen LogP contribution in [-0.4, -0.2) is 46.9 Å². The van der Waals surface area contributed by atoms with Crippen molar-refractivity contribution in [1.82, 2.24) is 9.88 Å². The van der Waals surface area contributed by atoms with E-state index in [0.717, 1.165) is 48.1 Å². The Bertz CT molecular complexity index is 853. The van der Waals surface area contributed by atoms with Crippen molar-refractivity contribution < 1.29 is 9.84 Å². The highest BCUT2D eigenvalue weighted by Crippen LogP contribution is 2.42. The third-order valence-corrected chi connectivity index (χ3v) is 6.30. The van der Waals surface area contributed by atoms with Gasteiger partial charge in [0, 0.05) is 24.2 Å². The molecule has 3 fully saturated rings. The van der Waals surface area contributed by atoms with Crippen LogP contribution in [0.4, 0.5) is 0 Å². The van der Waals surface area contributed by atoms with Gasteiger partial charge in [-0.2, -0.15) is 0 Å². The standard InChI is InChI=1S/C23H28N3O2/c1-2-16-15-26-11-8-17(16)13-22(26)23(27)19-7-10-25-21-6-5-18(14-20(19)21)28-12-4-3-9-24/h2,5-7,10,14,16-17,22-24,27H,1,3-4,8,11-13,15H2/t16?,17?,22?,23-/m0/s1. The summed E-state index contributed by atoms with van der Waals surface area (Å²) in [6.45, 7) is 6.60. The summed E-state index contributed by atoms with van der Waals surface area (Å²) in [6.07, 6.45) is 9.29. The first-order chi connectivity index (χ1) is 13.7. The molecule has 1 radical (unpaired) electrons. The molecule has 0 amide bonds. The van der Waals surface area contributed by atoms with Crippen molar-refractivity contribution in [2.24, 2.45) is 11.8 Å². The van der Waals surface area contributed by atoms with Gasteiger partial charge in [0.1, 0.15) is 5.75 Å². The Hall–Kier alpha value is -2.24. The van der Waals surface area contributed by atoms with E-state index in [0.29, 0.717) is 24.9 Å². The zero-order valence-corrected chi connectivity index (χ0v) is 16.2. The van der Waals surface area contributed by atoms with E-state index in [9.17, 15) is 5.11 Å². The molecule has 5 nitrogen and oxygen atoms in total. The van der Waals surface area contributed by atoms with Crippen LogP contribution in [0.2, 0.25) is 0 Å². The number of piperidine rings is 3. The number of benzene rings is 1.